The van der Waals surface area contributed by atoms with Crippen molar-refractivity contribution in [3.8, 4) is 0 Å². The first-order valence-corrected chi connectivity index (χ1v) is 6.81. The van der Waals surface area contributed by atoms with E-state index in [2.05, 4.69) is 0 Å². The van der Waals surface area contributed by atoms with Crippen LogP contribution in [-0.4, -0.2) is 36.3 Å². The largest absolute Gasteiger partial charge is 0.343 e. The van der Waals surface area contributed by atoms with E-state index in [4.69, 9.17) is 0 Å². The van der Waals surface area contributed by atoms with Crippen LogP contribution in [0.3, 0.4) is 0 Å². The predicted octanol–water partition coefficient (Wildman–Crippen LogP) is 1.91. The first-order valence-electron chi connectivity index (χ1n) is 6.81. The van der Waals surface area contributed by atoms with E-state index >= 15 is 0 Å². The third-order valence-corrected chi connectivity index (χ3v) is 3.62. The van der Waals surface area contributed by atoms with Gasteiger partial charge in [-0.25, -0.2) is 0 Å². The highest BCUT2D eigenvalue weighted by Crippen LogP contribution is 2.25. The first-order chi connectivity index (χ1) is 9.17. The number of nitrogens with zero attached hydrogens (tertiary/aromatic N) is 2. The lowest BCUT2D eigenvalue weighted by molar-refractivity contribution is -0.135. The molecule has 1 aliphatic rings. The summed E-state index contributed by atoms with van der Waals surface area (Å²) in [5.74, 6) is -0.0684. The average molecular weight is 260 g/mol. The molecule has 1 aromatic carbocycles. The van der Waals surface area contributed by atoms with E-state index in [1.54, 1.807) is 9.80 Å². The monoisotopic (exact) mass is 260 g/mol. The van der Waals surface area contributed by atoms with E-state index in [-0.39, 0.29) is 17.7 Å². The molecule has 1 aromatic rings. The van der Waals surface area contributed by atoms with Crippen LogP contribution in [0.15, 0.2) is 30.3 Å². The van der Waals surface area contributed by atoms with Crippen molar-refractivity contribution in [2.45, 2.75) is 20.3 Å². The molecule has 0 aliphatic carbocycles. The van der Waals surface area contributed by atoms with Crippen molar-refractivity contribution in [2.75, 3.05) is 24.5 Å². The van der Waals surface area contributed by atoms with E-state index in [9.17, 15) is 9.59 Å². The summed E-state index contributed by atoms with van der Waals surface area (Å²) in [6.45, 7) is 5.83. The minimum atomic E-state index is -0.201. The second kappa shape index (κ2) is 5.87. The lowest BCUT2D eigenvalue weighted by atomic mass is 10.1. The van der Waals surface area contributed by atoms with Crippen LogP contribution in [0.5, 0.6) is 0 Å². The van der Waals surface area contributed by atoms with Gasteiger partial charge in [-0.3, -0.25) is 9.59 Å². The molecular formula is C15H20N2O2. The van der Waals surface area contributed by atoms with Crippen LogP contribution in [0.4, 0.5) is 5.69 Å². The molecule has 0 N–H and O–H groups in total. The van der Waals surface area contributed by atoms with E-state index in [1.165, 1.54) is 0 Å². The van der Waals surface area contributed by atoms with Crippen molar-refractivity contribution in [3.05, 3.63) is 30.3 Å². The maximum atomic E-state index is 12.3. The van der Waals surface area contributed by atoms with Crippen LogP contribution in [0.2, 0.25) is 0 Å². The molecule has 0 bridgehead atoms. The number of para-hydroxylation sites is 1. The molecule has 1 aliphatic heterocycles. The molecule has 1 fully saturated rings. The second-order valence-electron chi connectivity index (χ2n) is 4.75. The molecule has 2 amide bonds. The summed E-state index contributed by atoms with van der Waals surface area (Å²) in [4.78, 5) is 27.8. The Kier molecular flexibility index (Phi) is 4.20. The molecule has 0 aromatic heterocycles. The molecule has 102 valence electrons. The molecule has 0 spiro atoms. The van der Waals surface area contributed by atoms with Gasteiger partial charge in [0.05, 0.1) is 5.92 Å². The zero-order valence-electron chi connectivity index (χ0n) is 11.5. The van der Waals surface area contributed by atoms with Crippen LogP contribution in [0.25, 0.3) is 0 Å². The van der Waals surface area contributed by atoms with E-state index in [1.807, 2.05) is 44.2 Å². The van der Waals surface area contributed by atoms with Gasteiger partial charge in [0.2, 0.25) is 11.8 Å². The number of amides is 2. The topological polar surface area (TPSA) is 40.6 Å². The van der Waals surface area contributed by atoms with Crippen molar-refractivity contribution in [1.82, 2.24) is 4.90 Å². The van der Waals surface area contributed by atoms with Gasteiger partial charge in [-0.05, 0) is 26.0 Å². The van der Waals surface area contributed by atoms with Gasteiger partial charge < -0.3 is 9.80 Å². The standard InChI is InChI=1S/C15H20N2O2/c1-3-16(4-2)15(19)12-10-14(18)17(11-12)13-8-6-5-7-9-13/h5-9,12H,3-4,10-11H2,1-2H3/t12-/m0/s1. The summed E-state index contributed by atoms with van der Waals surface area (Å²) in [5.41, 5.74) is 0.877. The number of anilines is 1. The van der Waals surface area contributed by atoms with E-state index in [0.717, 1.165) is 5.69 Å². The summed E-state index contributed by atoms with van der Waals surface area (Å²) in [5, 5.41) is 0. The van der Waals surface area contributed by atoms with Gasteiger partial charge in [0, 0.05) is 31.7 Å². The van der Waals surface area contributed by atoms with Gasteiger partial charge in [0.25, 0.3) is 0 Å². The molecule has 19 heavy (non-hydrogen) atoms. The van der Waals surface area contributed by atoms with Crippen LogP contribution < -0.4 is 4.90 Å². The Balaban J connectivity index is 2.09. The van der Waals surface area contributed by atoms with E-state index in [0.29, 0.717) is 26.1 Å². The number of carbonyl (C=O) groups is 2. The van der Waals surface area contributed by atoms with Crippen LogP contribution in [-0.2, 0) is 9.59 Å². The molecular weight excluding hydrogens is 240 g/mol. The zero-order valence-corrected chi connectivity index (χ0v) is 11.5. The van der Waals surface area contributed by atoms with Gasteiger partial charge >= 0.3 is 0 Å². The fourth-order valence-corrected chi connectivity index (χ4v) is 2.52. The van der Waals surface area contributed by atoms with Crippen molar-refractivity contribution >= 4 is 17.5 Å². The Bertz CT molecular complexity index is 454. The molecule has 2 rings (SSSR count). The van der Waals surface area contributed by atoms with Crippen molar-refractivity contribution in [1.29, 1.82) is 0 Å². The van der Waals surface area contributed by atoms with E-state index < -0.39 is 0 Å². The summed E-state index contributed by atoms with van der Waals surface area (Å²) >= 11 is 0. The minimum absolute atomic E-state index is 0.0386. The summed E-state index contributed by atoms with van der Waals surface area (Å²) < 4.78 is 0. The van der Waals surface area contributed by atoms with Crippen LogP contribution >= 0.6 is 0 Å². The summed E-state index contributed by atoms with van der Waals surface area (Å²) in [6.07, 6.45) is 0.324. The van der Waals surface area contributed by atoms with Crippen molar-refractivity contribution in [3.63, 3.8) is 0 Å². The smallest absolute Gasteiger partial charge is 0.227 e. The van der Waals surface area contributed by atoms with Crippen LogP contribution in [0.1, 0.15) is 20.3 Å². The second-order valence-corrected chi connectivity index (χ2v) is 4.75. The Morgan fingerprint density at radius 2 is 1.89 bits per heavy atom. The minimum Gasteiger partial charge on any atom is -0.343 e. The summed E-state index contributed by atoms with van der Waals surface area (Å²) in [6, 6.07) is 9.54. The highest BCUT2D eigenvalue weighted by atomic mass is 16.2. The molecule has 0 unspecified atom stereocenters. The Morgan fingerprint density at radius 3 is 2.47 bits per heavy atom. The Hall–Kier alpha value is -1.84. The number of hydrogen-bond donors (Lipinski definition) is 0. The van der Waals surface area contributed by atoms with Gasteiger partial charge in [0.1, 0.15) is 0 Å². The van der Waals surface area contributed by atoms with Crippen molar-refractivity contribution < 1.29 is 9.59 Å². The fourth-order valence-electron chi connectivity index (χ4n) is 2.52. The molecule has 4 nitrogen and oxygen atoms in total. The Morgan fingerprint density at radius 1 is 1.26 bits per heavy atom. The highest BCUT2D eigenvalue weighted by molar-refractivity contribution is 6.00. The lowest BCUT2D eigenvalue weighted by Crippen LogP contribution is -2.37. The lowest BCUT2D eigenvalue weighted by Gasteiger charge is -2.22. The quantitative estimate of drug-likeness (QED) is 0.829. The third kappa shape index (κ3) is 2.78. The Labute approximate surface area is 114 Å². The van der Waals surface area contributed by atoms with Gasteiger partial charge in [0.15, 0.2) is 0 Å². The molecule has 0 saturated carbocycles. The fraction of sp³-hybridized carbons (Fsp3) is 0.467. The number of rotatable bonds is 4. The van der Waals surface area contributed by atoms with Gasteiger partial charge in [-0.15, -0.1) is 0 Å². The number of carbonyl (C=O) groups excluding carboxylic acids is 2. The SMILES string of the molecule is CCN(CC)C(=O)[C@H]1CC(=O)N(c2ccccc2)C1. The first kappa shape index (κ1) is 13.6. The zero-order chi connectivity index (χ0) is 13.8. The maximum absolute atomic E-state index is 12.3. The average Bonchev–Trinajstić information content (AvgIpc) is 2.83. The van der Waals surface area contributed by atoms with Crippen molar-refractivity contribution in [2.24, 2.45) is 5.92 Å². The molecule has 0 radical (unpaired) electrons. The normalized spacial score (nSPS) is 18.7. The molecule has 1 heterocycles. The third-order valence-electron chi connectivity index (χ3n) is 3.62. The highest BCUT2D eigenvalue weighted by Gasteiger charge is 2.36. The van der Waals surface area contributed by atoms with Crippen LogP contribution in [0, 0.1) is 5.92 Å². The number of benzene rings is 1. The molecule has 4 heteroatoms. The maximum Gasteiger partial charge on any atom is 0.227 e. The predicted molar refractivity (Wildman–Crippen MR) is 74.8 cm³/mol. The van der Waals surface area contributed by atoms with Gasteiger partial charge in [-0.1, -0.05) is 18.2 Å². The molecule has 1 saturated heterocycles. The summed E-state index contributed by atoms with van der Waals surface area (Å²) in [7, 11) is 0. The molecule has 1 atom stereocenters. The van der Waals surface area contributed by atoms with Gasteiger partial charge in [-0.2, -0.15) is 0 Å². The number of hydrogen-bond acceptors (Lipinski definition) is 2.